The topological polar surface area (TPSA) is 87.2 Å². The Hall–Kier alpha value is -3.32. The van der Waals surface area contributed by atoms with E-state index in [1.807, 2.05) is 0 Å². The SMILES string of the molecule is C=CCn1nc(-c2ccc(S(N)(=O)=O)cc2)c(-c2ccc(OC)c(F)c2)c1C(F)(F)C(F)(F)F. The number of sulfonamides is 1. The van der Waals surface area contributed by atoms with Crippen LogP contribution in [-0.2, 0) is 22.5 Å². The highest BCUT2D eigenvalue weighted by molar-refractivity contribution is 7.89. The lowest BCUT2D eigenvalue weighted by molar-refractivity contribution is -0.291. The van der Waals surface area contributed by atoms with Crippen LogP contribution in [0.5, 0.6) is 5.75 Å². The molecule has 0 radical (unpaired) electrons. The first-order chi connectivity index (χ1) is 15.7. The molecular formula is C21H17F6N3O3S. The third-order valence-electron chi connectivity index (χ3n) is 4.80. The van der Waals surface area contributed by atoms with Crippen LogP contribution < -0.4 is 9.88 Å². The lowest BCUT2D eigenvalue weighted by Gasteiger charge is -2.22. The number of hydrogen-bond donors (Lipinski definition) is 1. The predicted octanol–water partition coefficient (Wildman–Crippen LogP) is 4.85. The van der Waals surface area contributed by atoms with E-state index in [2.05, 4.69) is 11.7 Å². The molecule has 6 nitrogen and oxygen atoms in total. The van der Waals surface area contributed by atoms with Crippen LogP contribution in [0.1, 0.15) is 5.69 Å². The molecule has 182 valence electrons. The quantitative estimate of drug-likeness (QED) is 0.367. The fourth-order valence-electron chi connectivity index (χ4n) is 3.27. The lowest BCUT2D eigenvalue weighted by Crippen LogP contribution is -2.36. The standard InChI is InChI=1S/C21H17F6N3O3S/c1-3-10-30-19(20(23,24)21(25,26)27)17(13-6-9-16(33-2)15(22)11-13)18(29-30)12-4-7-14(8-5-12)34(28,31)32/h3-9,11H,1,10H2,2H3,(H2,28,31,32). The van der Waals surface area contributed by atoms with Crippen molar-refractivity contribution in [3.63, 3.8) is 0 Å². The molecule has 3 rings (SSSR count). The molecule has 1 aromatic heterocycles. The zero-order valence-corrected chi connectivity index (χ0v) is 18.2. The van der Waals surface area contributed by atoms with Gasteiger partial charge in [-0.2, -0.15) is 27.1 Å². The van der Waals surface area contributed by atoms with E-state index in [0.717, 1.165) is 55.7 Å². The van der Waals surface area contributed by atoms with E-state index in [-0.39, 0.29) is 27.5 Å². The minimum absolute atomic E-state index is 0.0133. The molecule has 1 heterocycles. The number of nitrogens with zero attached hydrogens (tertiary/aromatic N) is 2. The van der Waals surface area contributed by atoms with Crippen molar-refractivity contribution in [3.8, 4) is 28.1 Å². The Labute approximate surface area is 190 Å². The zero-order valence-electron chi connectivity index (χ0n) is 17.4. The van der Waals surface area contributed by atoms with Gasteiger partial charge in [-0.15, -0.1) is 6.58 Å². The third kappa shape index (κ3) is 4.53. The summed E-state index contributed by atoms with van der Waals surface area (Å²) >= 11 is 0. The van der Waals surface area contributed by atoms with Gasteiger partial charge in [-0.25, -0.2) is 17.9 Å². The molecule has 0 saturated carbocycles. The van der Waals surface area contributed by atoms with Gasteiger partial charge < -0.3 is 4.74 Å². The first-order valence-electron chi connectivity index (χ1n) is 9.36. The van der Waals surface area contributed by atoms with E-state index in [0.29, 0.717) is 4.68 Å². The second-order valence-corrected chi connectivity index (χ2v) is 8.60. The van der Waals surface area contributed by atoms with Gasteiger partial charge in [-0.05, 0) is 29.8 Å². The number of methoxy groups -OCH3 is 1. The number of hydrogen-bond acceptors (Lipinski definition) is 4. The van der Waals surface area contributed by atoms with E-state index < -0.39 is 45.7 Å². The van der Waals surface area contributed by atoms with Crippen molar-refractivity contribution in [1.29, 1.82) is 0 Å². The van der Waals surface area contributed by atoms with Crippen LogP contribution in [0.4, 0.5) is 26.3 Å². The van der Waals surface area contributed by atoms with Crippen LogP contribution in [0.3, 0.4) is 0 Å². The Morgan fingerprint density at radius 1 is 1.09 bits per heavy atom. The molecule has 0 amide bonds. The maximum atomic E-state index is 14.8. The fourth-order valence-corrected chi connectivity index (χ4v) is 3.78. The molecule has 3 aromatic rings. The average Bonchev–Trinajstić information content (AvgIpc) is 3.12. The summed E-state index contributed by atoms with van der Waals surface area (Å²) in [5, 5.41) is 8.97. The summed E-state index contributed by atoms with van der Waals surface area (Å²) in [6, 6.07) is 7.27. The number of primary sulfonamides is 1. The molecule has 0 spiro atoms. The highest BCUT2D eigenvalue weighted by Gasteiger charge is 2.62. The number of rotatable bonds is 7. The summed E-state index contributed by atoms with van der Waals surface area (Å²) in [5.74, 6) is -6.65. The molecule has 0 aliphatic rings. The van der Waals surface area contributed by atoms with E-state index >= 15 is 0 Å². The Kier molecular flexibility index (Phi) is 6.55. The lowest BCUT2D eigenvalue weighted by atomic mass is 9.96. The van der Waals surface area contributed by atoms with E-state index in [1.165, 1.54) is 0 Å². The predicted molar refractivity (Wildman–Crippen MR) is 111 cm³/mol. The first kappa shape index (κ1) is 25.3. The van der Waals surface area contributed by atoms with Gasteiger partial charge >= 0.3 is 12.1 Å². The molecule has 2 aromatic carbocycles. The van der Waals surface area contributed by atoms with Crippen LogP contribution in [0.15, 0.2) is 60.0 Å². The van der Waals surface area contributed by atoms with Crippen molar-refractivity contribution in [1.82, 2.24) is 9.78 Å². The molecule has 2 N–H and O–H groups in total. The number of nitrogens with two attached hydrogens (primary N) is 1. The van der Waals surface area contributed by atoms with Crippen molar-refractivity contribution in [2.45, 2.75) is 23.5 Å². The van der Waals surface area contributed by atoms with E-state index in [9.17, 15) is 34.8 Å². The molecule has 0 unspecified atom stereocenters. The van der Waals surface area contributed by atoms with Crippen LogP contribution in [0, 0.1) is 5.82 Å². The normalized spacial score (nSPS) is 12.6. The average molecular weight is 505 g/mol. The smallest absolute Gasteiger partial charge is 0.459 e. The molecule has 0 atom stereocenters. The molecule has 0 fully saturated rings. The molecule has 0 aliphatic heterocycles. The van der Waals surface area contributed by atoms with Crippen LogP contribution in [-0.4, -0.2) is 31.5 Å². The molecular weight excluding hydrogens is 488 g/mol. The van der Waals surface area contributed by atoms with Gasteiger partial charge in [-0.1, -0.05) is 24.3 Å². The Balaban J connectivity index is 2.41. The van der Waals surface area contributed by atoms with Crippen LogP contribution >= 0.6 is 0 Å². The van der Waals surface area contributed by atoms with Crippen LogP contribution in [0.25, 0.3) is 22.4 Å². The van der Waals surface area contributed by atoms with Crippen molar-refractivity contribution < 1.29 is 39.5 Å². The van der Waals surface area contributed by atoms with Crippen molar-refractivity contribution in [3.05, 3.63) is 66.6 Å². The largest absolute Gasteiger partial charge is 0.494 e. The maximum absolute atomic E-state index is 14.8. The number of halogens is 6. The second-order valence-electron chi connectivity index (χ2n) is 7.03. The van der Waals surface area contributed by atoms with Crippen molar-refractivity contribution >= 4 is 10.0 Å². The summed E-state index contributed by atoms with van der Waals surface area (Å²) < 4.78 is 112. The van der Waals surface area contributed by atoms with Gasteiger partial charge in [0.05, 0.1) is 18.6 Å². The summed E-state index contributed by atoms with van der Waals surface area (Å²) in [4.78, 5) is -0.320. The Morgan fingerprint density at radius 3 is 2.15 bits per heavy atom. The number of benzene rings is 2. The minimum Gasteiger partial charge on any atom is -0.494 e. The van der Waals surface area contributed by atoms with E-state index in [4.69, 9.17) is 9.88 Å². The van der Waals surface area contributed by atoms with Gasteiger partial charge in [0, 0.05) is 11.1 Å². The molecule has 0 aliphatic carbocycles. The third-order valence-corrected chi connectivity index (χ3v) is 5.73. The minimum atomic E-state index is -6.00. The molecule has 0 bridgehead atoms. The van der Waals surface area contributed by atoms with Crippen LogP contribution in [0.2, 0.25) is 0 Å². The maximum Gasteiger partial charge on any atom is 0.459 e. The molecule has 34 heavy (non-hydrogen) atoms. The number of ether oxygens (including phenoxy) is 1. The van der Waals surface area contributed by atoms with Gasteiger partial charge in [-0.3, -0.25) is 4.68 Å². The summed E-state index contributed by atoms with van der Waals surface area (Å²) in [5.41, 5.74) is -2.95. The Bertz CT molecular complexity index is 1330. The summed E-state index contributed by atoms with van der Waals surface area (Å²) in [6.07, 6.45) is -4.93. The van der Waals surface area contributed by atoms with Crippen molar-refractivity contribution in [2.75, 3.05) is 7.11 Å². The number of aromatic nitrogens is 2. The Morgan fingerprint density at radius 2 is 1.68 bits per heavy atom. The van der Waals surface area contributed by atoms with Gasteiger partial charge in [0.25, 0.3) is 0 Å². The highest BCUT2D eigenvalue weighted by Crippen LogP contribution is 2.50. The number of allylic oxidation sites excluding steroid dienone is 1. The van der Waals surface area contributed by atoms with Gasteiger partial charge in [0.2, 0.25) is 10.0 Å². The second kappa shape index (κ2) is 8.80. The highest BCUT2D eigenvalue weighted by atomic mass is 32.2. The molecule has 13 heteroatoms. The van der Waals surface area contributed by atoms with E-state index in [1.54, 1.807) is 0 Å². The van der Waals surface area contributed by atoms with Crippen molar-refractivity contribution in [2.24, 2.45) is 5.14 Å². The fraction of sp³-hybridized carbons (Fsp3) is 0.190. The number of alkyl halides is 5. The zero-order chi connectivity index (χ0) is 25.5. The summed E-state index contributed by atoms with van der Waals surface area (Å²) in [6.45, 7) is 2.83. The monoisotopic (exact) mass is 505 g/mol. The molecule has 0 saturated heterocycles. The van der Waals surface area contributed by atoms with Gasteiger partial charge in [0.15, 0.2) is 11.6 Å². The summed E-state index contributed by atoms with van der Waals surface area (Å²) in [7, 11) is -2.95. The van der Waals surface area contributed by atoms with Gasteiger partial charge in [0.1, 0.15) is 11.4 Å². The first-order valence-corrected chi connectivity index (χ1v) is 10.9.